The number of benzene rings is 1. The Kier molecular flexibility index (Phi) is 3.01. The molecule has 1 heterocycles. The van der Waals surface area contributed by atoms with Crippen LogP contribution in [0.4, 0.5) is 5.69 Å². The van der Waals surface area contributed by atoms with Crippen LogP contribution in [0.25, 0.3) is 0 Å². The monoisotopic (exact) mass is 271 g/mol. The van der Waals surface area contributed by atoms with E-state index in [1.54, 1.807) is 6.92 Å². The van der Waals surface area contributed by atoms with Crippen molar-refractivity contribution in [1.82, 2.24) is 0 Å². The Morgan fingerprint density at radius 2 is 2.10 bits per heavy atom. The second-order valence-electron chi connectivity index (χ2n) is 5.43. The van der Waals surface area contributed by atoms with Gasteiger partial charge in [0.1, 0.15) is 11.5 Å². The molecule has 4 heteroatoms. The molecule has 104 valence electrons. The smallest absolute Gasteiger partial charge is 0.343 e. The number of nitrogens with two attached hydrogens (primary N) is 1. The van der Waals surface area contributed by atoms with E-state index in [9.17, 15) is 9.90 Å². The summed E-state index contributed by atoms with van der Waals surface area (Å²) in [6, 6.07) is 8.98. The van der Waals surface area contributed by atoms with Gasteiger partial charge in [-0.25, -0.2) is 4.79 Å². The lowest BCUT2D eigenvalue weighted by molar-refractivity contribution is 0.413. The molecule has 4 nitrogen and oxygen atoms in total. The Morgan fingerprint density at radius 3 is 2.70 bits per heavy atom. The van der Waals surface area contributed by atoms with Crippen LogP contribution in [-0.4, -0.2) is 5.11 Å². The lowest BCUT2D eigenvalue weighted by Crippen LogP contribution is -2.16. The summed E-state index contributed by atoms with van der Waals surface area (Å²) >= 11 is 0. The molecule has 0 spiro atoms. The standard InChI is InChI=1S/C16H17NO3/c1-9-7-13(18)15(16(19)20-9)14(10-5-6-10)11-3-2-4-12(17)8-11/h2-4,7-8,10,14,18H,5-6,17H2,1H3. The van der Waals surface area contributed by atoms with Gasteiger partial charge >= 0.3 is 5.63 Å². The highest BCUT2D eigenvalue weighted by atomic mass is 16.4. The summed E-state index contributed by atoms with van der Waals surface area (Å²) in [7, 11) is 0. The van der Waals surface area contributed by atoms with Crippen LogP contribution in [0.1, 0.15) is 35.6 Å². The van der Waals surface area contributed by atoms with Crippen LogP contribution in [0.15, 0.2) is 39.5 Å². The van der Waals surface area contributed by atoms with Crippen molar-refractivity contribution in [3.8, 4) is 5.75 Å². The van der Waals surface area contributed by atoms with E-state index in [4.69, 9.17) is 10.2 Å². The molecule has 1 aromatic heterocycles. The molecule has 3 N–H and O–H groups in total. The zero-order valence-electron chi connectivity index (χ0n) is 11.3. The van der Waals surface area contributed by atoms with Gasteiger partial charge in [-0.05, 0) is 43.4 Å². The van der Waals surface area contributed by atoms with Crippen LogP contribution < -0.4 is 11.4 Å². The second kappa shape index (κ2) is 4.71. The highest BCUT2D eigenvalue weighted by molar-refractivity contribution is 5.47. The fraction of sp³-hybridized carbons (Fsp3) is 0.312. The van der Waals surface area contributed by atoms with E-state index >= 15 is 0 Å². The van der Waals surface area contributed by atoms with Gasteiger partial charge in [-0.1, -0.05) is 12.1 Å². The minimum atomic E-state index is -0.457. The van der Waals surface area contributed by atoms with Gasteiger partial charge in [-0.2, -0.15) is 0 Å². The van der Waals surface area contributed by atoms with Gasteiger partial charge in [0.15, 0.2) is 0 Å². The van der Waals surface area contributed by atoms with Crippen molar-refractivity contribution in [2.45, 2.75) is 25.7 Å². The Labute approximate surface area is 116 Å². The highest BCUT2D eigenvalue weighted by Gasteiger charge is 2.37. The Morgan fingerprint density at radius 1 is 1.35 bits per heavy atom. The average Bonchev–Trinajstić information content (AvgIpc) is 3.17. The molecule has 2 aromatic rings. The molecular weight excluding hydrogens is 254 g/mol. The number of anilines is 1. The highest BCUT2D eigenvalue weighted by Crippen LogP contribution is 2.47. The molecule has 0 bridgehead atoms. The molecule has 1 aliphatic carbocycles. The third-order valence-electron chi connectivity index (χ3n) is 3.76. The summed E-state index contributed by atoms with van der Waals surface area (Å²) in [4.78, 5) is 12.1. The SMILES string of the molecule is Cc1cc(O)c(C(c2cccc(N)c2)C2CC2)c(=O)o1. The average molecular weight is 271 g/mol. The Balaban J connectivity index is 2.15. The summed E-state index contributed by atoms with van der Waals surface area (Å²) in [6.45, 7) is 1.65. The molecule has 20 heavy (non-hydrogen) atoms. The number of aryl methyl sites for hydroxylation is 1. The topological polar surface area (TPSA) is 76.5 Å². The number of nitrogen functional groups attached to an aromatic ring is 1. The normalized spacial score (nSPS) is 16.1. The fourth-order valence-corrected chi connectivity index (χ4v) is 2.75. The minimum Gasteiger partial charge on any atom is -0.507 e. The van der Waals surface area contributed by atoms with Crippen LogP contribution in [0.3, 0.4) is 0 Å². The summed E-state index contributed by atoms with van der Waals surface area (Å²) in [5, 5.41) is 10.2. The van der Waals surface area contributed by atoms with Crippen LogP contribution >= 0.6 is 0 Å². The molecule has 3 rings (SSSR count). The third kappa shape index (κ3) is 2.29. The maximum atomic E-state index is 12.1. The molecule has 0 amide bonds. The van der Waals surface area contributed by atoms with Crippen LogP contribution in [0, 0.1) is 12.8 Å². The van der Waals surface area contributed by atoms with Crippen LogP contribution in [0.2, 0.25) is 0 Å². The summed E-state index contributed by atoms with van der Waals surface area (Å²) < 4.78 is 5.15. The molecule has 1 saturated carbocycles. The van der Waals surface area contributed by atoms with Gasteiger partial charge in [0.2, 0.25) is 0 Å². The minimum absolute atomic E-state index is 0.0121. The van der Waals surface area contributed by atoms with E-state index in [-0.39, 0.29) is 11.7 Å². The predicted octanol–water partition coefficient (Wildman–Crippen LogP) is 2.78. The summed E-state index contributed by atoms with van der Waals surface area (Å²) in [5.41, 5.74) is 7.34. The summed E-state index contributed by atoms with van der Waals surface area (Å²) in [5.74, 6) is 0.653. The van der Waals surface area contributed by atoms with Gasteiger partial charge in [-0.3, -0.25) is 0 Å². The maximum absolute atomic E-state index is 12.1. The zero-order valence-corrected chi connectivity index (χ0v) is 11.3. The van der Waals surface area contributed by atoms with Crippen molar-refractivity contribution in [3.63, 3.8) is 0 Å². The van der Waals surface area contributed by atoms with E-state index in [1.807, 2.05) is 24.3 Å². The molecule has 0 aliphatic heterocycles. The predicted molar refractivity (Wildman–Crippen MR) is 76.8 cm³/mol. The van der Waals surface area contributed by atoms with Crippen molar-refractivity contribution in [1.29, 1.82) is 0 Å². The van der Waals surface area contributed by atoms with Gasteiger partial charge in [0, 0.05) is 17.7 Å². The lowest BCUT2D eigenvalue weighted by Gasteiger charge is -2.17. The quantitative estimate of drug-likeness (QED) is 0.841. The molecule has 0 radical (unpaired) electrons. The van der Waals surface area contributed by atoms with Gasteiger partial charge in [0.25, 0.3) is 0 Å². The number of rotatable bonds is 3. The first-order valence-electron chi connectivity index (χ1n) is 6.75. The van der Waals surface area contributed by atoms with Crippen molar-refractivity contribution < 1.29 is 9.52 Å². The molecule has 1 fully saturated rings. The zero-order chi connectivity index (χ0) is 14.3. The van der Waals surface area contributed by atoms with Crippen molar-refractivity contribution in [2.24, 2.45) is 5.92 Å². The second-order valence-corrected chi connectivity index (χ2v) is 5.43. The van der Waals surface area contributed by atoms with Gasteiger partial charge < -0.3 is 15.3 Å². The maximum Gasteiger partial charge on any atom is 0.343 e. The Bertz CT molecular complexity index is 701. The van der Waals surface area contributed by atoms with E-state index < -0.39 is 5.63 Å². The number of hydrogen-bond acceptors (Lipinski definition) is 4. The first-order chi connectivity index (χ1) is 9.56. The van der Waals surface area contributed by atoms with Crippen molar-refractivity contribution >= 4 is 5.69 Å². The van der Waals surface area contributed by atoms with E-state index in [2.05, 4.69) is 0 Å². The van der Waals surface area contributed by atoms with E-state index in [1.165, 1.54) is 6.07 Å². The molecule has 1 atom stereocenters. The number of aromatic hydroxyl groups is 1. The van der Waals surface area contributed by atoms with Gasteiger partial charge in [-0.15, -0.1) is 0 Å². The lowest BCUT2D eigenvalue weighted by atomic mass is 9.87. The van der Waals surface area contributed by atoms with E-state index in [0.29, 0.717) is 22.9 Å². The molecular formula is C16H17NO3. The van der Waals surface area contributed by atoms with Crippen molar-refractivity contribution in [3.05, 3.63) is 57.6 Å². The Hall–Kier alpha value is -2.23. The largest absolute Gasteiger partial charge is 0.507 e. The first kappa shape index (κ1) is 12.8. The molecule has 1 unspecified atom stereocenters. The third-order valence-corrected chi connectivity index (χ3v) is 3.76. The molecule has 1 aromatic carbocycles. The van der Waals surface area contributed by atoms with Crippen molar-refractivity contribution in [2.75, 3.05) is 5.73 Å². The van der Waals surface area contributed by atoms with Crippen LogP contribution in [0.5, 0.6) is 5.75 Å². The van der Waals surface area contributed by atoms with Gasteiger partial charge in [0.05, 0.1) is 5.56 Å². The number of hydrogen-bond donors (Lipinski definition) is 2. The fourth-order valence-electron chi connectivity index (χ4n) is 2.75. The molecule has 1 aliphatic rings. The first-order valence-corrected chi connectivity index (χ1v) is 6.75. The molecule has 0 saturated heterocycles. The van der Waals surface area contributed by atoms with E-state index in [0.717, 1.165) is 18.4 Å². The summed E-state index contributed by atoms with van der Waals surface area (Å²) in [6.07, 6.45) is 2.10. The van der Waals surface area contributed by atoms with Crippen LogP contribution in [-0.2, 0) is 0 Å².